The molecule has 1 heterocycles. The van der Waals surface area contributed by atoms with Crippen molar-refractivity contribution in [1.82, 2.24) is 4.31 Å². The van der Waals surface area contributed by atoms with Crippen molar-refractivity contribution in [1.29, 1.82) is 0 Å². The Kier molecular flexibility index (Phi) is 5.94. The number of esters is 1. The number of hydrogen-bond acceptors (Lipinski definition) is 7. The summed E-state index contributed by atoms with van der Waals surface area (Å²) >= 11 is 0.814. The Morgan fingerprint density at radius 2 is 1.69 bits per heavy atom. The van der Waals surface area contributed by atoms with Gasteiger partial charge in [-0.05, 0) is 40.7 Å². The Labute approximate surface area is 190 Å². The molecule has 0 atom stereocenters. The molecule has 0 unspecified atom stereocenters. The molecule has 32 heavy (non-hydrogen) atoms. The van der Waals surface area contributed by atoms with Crippen LogP contribution in [0.5, 0.6) is 0 Å². The van der Waals surface area contributed by atoms with E-state index in [0.29, 0.717) is 5.56 Å². The number of nitrogens with one attached hydrogen (secondary N) is 1. The Balaban J connectivity index is 1.62. The van der Waals surface area contributed by atoms with E-state index in [0.717, 1.165) is 32.5 Å². The highest BCUT2D eigenvalue weighted by Gasteiger charge is 2.38. The van der Waals surface area contributed by atoms with Gasteiger partial charge in [-0.3, -0.25) is 9.10 Å². The maximum absolute atomic E-state index is 12.9. The second-order valence-corrected chi connectivity index (χ2v) is 10.0. The largest absolute Gasteiger partial charge is 0.464 e. The number of carbonyl (C=O) groups excluding carboxylic acids is 2. The van der Waals surface area contributed by atoms with Crippen LogP contribution < -0.4 is 5.32 Å². The predicted octanol–water partition coefficient (Wildman–Crippen LogP) is 3.69. The molecular formula is C23H20N2O5S2. The van der Waals surface area contributed by atoms with Gasteiger partial charge >= 0.3 is 5.97 Å². The first-order valence-corrected chi connectivity index (χ1v) is 11.9. The van der Waals surface area contributed by atoms with Crippen LogP contribution in [0, 0.1) is 0 Å². The molecule has 0 aliphatic carbocycles. The topological polar surface area (TPSA) is 92.8 Å². The molecule has 0 amide bonds. The summed E-state index contributed by atoms with van der Waals surface area (Å²) in [4.78, 5) is 25.6. The van der Waals surface area contributed by atoms with Crippen LogP contribution in [-0.2, 0) is 24.3 Å². The molecule has 0 saturated carbocycles. The van der Waals surface area contributed by atoms with Gasteiger partial charge in [0.1, 0.15) is 0 Å². The van der Waals surface area contributed by atoms with Crippen LogP contribution in [0.4, 0.5) is 5.69 Å². The summed E-state index contributed by atoms with van der Waals surface area (Å²) in [5.74, 6) is -0.830. The lowest BCUT2D eigenvalue weighted by Crippen LogP contribution is -2.35. The third kappa shape index (κ3) is 3.96. The van der Waals surface area contributed by atoms with Crippen molar-refractivity contribution in [3.63, 3.8) is 0 Å². The van der Waals surface area contributed by atoms with Crippen molar-refractivity contribution >= 4 is 54.2 Å². The highest BCUT2D eigenvalue weighted by Crippen LogP contribution is 2.42. The Morgan fingerprint density at radius 3 is 2.44 bits per heavy atom. The zero-order valence-electron chi connectivity index (χ0n) is 17.4. The van der Waals surface area contributed by atoms with Crippen molar-refractivity contribution in [3.05, 3.63) is 78.0 Å². The average Bonchev–Trinajstić information content (AvgIpc) is 2.81. The molecule has 0 spiro atoms. The van der Waals surface area contributed by atoms with Gasteiger partial charge in [-0.2, -0.15) is 0 Å². The number of thioether (sulfide) groups is 1. The maximum Gasteiger partial charge on any atom is 0.356 e. The van der Waals surface area contributed by atoms with Crippen LogP contribution in [0.25, 0.3) is 15.7 Å². The van der Waals surface area contributed by atoms with Crippen LogP contribution in [0.15, 0.2) is 77.3 Å². The molecular weight excluding hydrogens is 448 g/mol. The molecule has 0 fully saturated rings. The molecule has 3 aromatic rings. The summed E-state index contributed by atoms with van der Waals surface area (Å²) in [6, 6.07) is 20.0. The van der Waals surface area contributed by atoms with Crippen LogP contribution in [0.2, 0.25) is 0 Å². The SMILES string of the molecule is COC(=O)C1=C(SC(=O)CNc2ccc3ccccc3c2)c2ccccc2S(=O)(=O)N1C. The number of benzene rings is 3. The van der Waals surface area contributed by atoms with E-state index in [4.69, 9.17) is 4.74 Å². The number of fused-ring (bicyclic) bond motifs is 2. The zero-order valence-corrected chi connectivity index (χ0v) is 19.0. The third-order valence-corrected chi connectivity index (χ3v) is 7.89. The van der Waals surface area contributed by atoms with Crippen molar-refractivity contribution in [3.8, 4) is 0 Å². The Hall–Kier alpha value is -3.30. The summed E-state index contributed by atoms with van der Waals surface area (Å²) in [7, 11) is -1.49. The molecule has 0 aromatic heterocycles. The van der Waals surface area contributed by atoms with E-state index in [1.807, 2.05) is 42.5 Å². The Morgan fingerprint density at radius 1 is 1.00 bits per heavy atom. The number of likely N-dealkylation sites (N-methyl/N-ethyl adjacent to an activating group) is 1. The predicted molar refractivity (Wildman–Crippen MR) is 125 cm³/mol. The van der Waals surface area contributed by atoms with E-state index in [1.165, 1.54) is 20.2 Å². The summed E-state index contributed by atoms with van der Waals surface area (Å²) in [5.41, 5.74) is 0.897. The molecule has 164 valence electrons. The minimum Gasteiger partial charge on any atom is -0.464 e. The van der Waals surface area contributed by atoms with Crippen molar-refractivity contribution in [2.75, 3.05) is 26.0 Å². The number of methoxy groups -OCH3 is 1. The summed E-state index contributed by atoms with van der Waals surface area (Å²) in [6.07, 6.45) is 0. The number of carbonyl (C=O) groups is 2. The third-order valence-electron chi connectivity index (χ3n) is 5.08. The standard InChI is InChI=1S/C23H20N2O5S2/c1-25-21(23(27)30-2)22(18-9-5-6-10-19(18)32(25,28)29)31-20(26)14-24-17-12-11-15-7-3-4-8-16(15)13-17/h3-13,24H,14H2,1-2H3. The van der Waals surface area contributed by atoms with Crippen molar-refractivity contribution in [2.45, 2.75) is 4.90 Å². The van der Waals surface area contributed by atoms with Gasteiger partial charge in [0, 0.05) is 18.3 Å². The minimum absolute atomic E-state index is 0.0143. The Bertz CT molecular complexity index is 1370. The molecule has 7 nitrogen and oxygen atoms in total. The van der Waals surface area contributed by atoms with E-state index in [2.05, 4.69) is 5.32 Å². The highest BCUT2D eigenvalue weighted by atomic mass is 32.2. The van der Waals surface area contributed by atoms with Crippen LogP contribution in [-0.4, -0.2) is 44.5 Å². The first kappa shape index (κ1) is 21.9. The zero-order chi connectivity index (χ0) is 22.9. The highest BCUT2D eigenvalue weighted by molar-refractivity contribution is 8.21. The summed E-state index contributed by atoms with van der Waals surface area (Å²) < 4.78 is 31.4. The number of ether oxygens (including phenoxy) is 1. The average molecular weight is 469 g/mol. The van der Waals surface area contributed by atoms with Gasteiger partial charge in [0.15, 0.2) is 5.70 Å². The van der Waals surface area contributed by atoms with Gasteiger partial charge in [0.2, 0.25) is 5.12 Å². The van der Waals surface area contributed by atoms with Gasteiger partial charge < -0.3 is 10.1 Å². The molecule has 0 radical (unpaired) electrons. The molecule has 9 heteroatoms. The van der Waals surface area contributed by atoms with Gasteiger partial charge in [0.05, 0.1) is 23.5 Å². The number of rotatable bonds is 5. The fraction of sp³-hybridized carbons (Fsp3) is 0.130. The monoisotopic (exact) mass is 468 g/mol. The molecule has 1 aliphatic rings. The molecule has 1 aliphatic heterocycles. The van der Waals surface area contributed by atoms with Gasteiger partial charge in [-0.25, -0.2) is 13.2 Å². The summed E-state index contributed by atoms with van der Waals surface area (Å²) in [5, 5.41) is 4.95. The molecule has 4 rings (SSSR count). The van der Waals surface area contributed by atoms with Crippen LogP contribution >= 0.6 is 11.8 Å². The van der Waals surface area contributed by atoms with E-state index in [1.54, 1.807) is 18.2 Å². The smallest absolute Gasteiger partial charge is 0.356 e. The molecule has 1 N–H and O–H groups in total. The summed E-state index contributed by atoms with van der Waals surface area (Å²) in [6.45, 7) is -0.0143. The first-order valence-electron chi connectivity index (χ1n) is 9.67. The second-order valence-electron chi connectivity index (χ2n) is 7.03. The number of hydrogen-bond donors (Lipinski definition) is 1. The number of nitrogens with zero attached hydrogens (tertiary/aromatic N) is 1. The molecule has 3 aromatic carbocycles. The number of sulfonamides is 1. The molecule has 0 bridgehead atoms. The van der Waals surface area contributed by atoms with Gasteiger partial charge in [-0.15, -0.1) is 0 Å². The fourth-order valence-electron chi connectivity index (χ4n) is 3.46. The van der Waals surface area contributed by atoms with Gasteiger partial charge in [-0.1, -0.05) is 48.5 Å². The van der Waals surface area contributed by atoms with Crippen LogP contribution in [0.3, 0.4) is 0 Å². The maximum atomic E-state index is 12.9. The van der Waals surface area contributed by atoms with E-state index >= 15 is 0 Å². The van der Waals surface area contributed by atoms with Crippen LogP contribution in [0.1, 0.15) is 5.56 Å². The first-order chi connectivity index (χ1) is 15.3. The second kappa shape index (κ2) is 8.68. The quantitative estimate of drug-likeness (QED) is 0.571. The lowest BCUT2D eigenvalue weighted by molar-refractivity contribution is -0.137. The normalized spacial score (nSPS) is 14.8. The molecule has 0 saturated heterocycles. The minimum atomic E-state index is -3.94. The van der Waals surface area contributed by atoms with Crippen molar-refractivity contribution < 1.29 is 22.7 Å². The lowest BCUT2D eigenvalue weighted by atomic mass is 10.1. The van der Waals surface area contributed by atoms with Gasteiger partial charge in [0.25, 0.3) is 10.0 Å². The van der Waals surface area contributed by atoms with E-state index < -0.39 is 16.0 Å². The van der Waals surface area contributed by atoms with Crippen molar-refractivity contribution in [2.24, 2.45) is 0 Å². The van der Waals surface area contributed by atoms with E-state index in [-0.39, 0.29) is 27.2 Å². The fourth-order valence-corrected chi connectivity index (χ4v) is 5.96. The van der Waals surface area contributed by atoms with E-state index in [9.17, 15) is 18.0 Å². The lowest BCUT2D eigenvalue weighted by Gasteiger charge is -2.29. The number of anilines is 1.